The molecule has 6 N–H and O–H groups in total. The number of ketones is 1. The normalized spacial score (nSPS) is 21.6. The Bertz CT molecular complexity index is 1580. The number of nitrogen functional groups attached to an aromatic ring is 1. The number of oxime groups is 1. The molecule has 0 radical (unpaired) electrons. The van der Waals surface area contributed by atoms with Gasteiger partial charge < -0.3 is 31.4 Å². The predicted octanol–water partition coefficient (Wildman–Crippen LogP) is 0.350. The molecule has 2 fully saturated rings. The monoisotopic (exact) mass is 598 g/mol. The van der Waals surface area contributed by atoms with Crippen LogP contribution in [0.15, 0.2) is 57.2 Å². The van der Waals surface area contributed by atoms with E-state index in [-0.39, 0.29) is 51.8 Å². The standard InChI is InChI=1S/C25H22N6O8S2/c1-39-11-4-2-10(3-5-11)19(32)15(12-6-7-27-20(12)33)13-8-40-23-17(22(35)31(23)18(13)24(36)37)29-21(34)16(30-38)14-9-41-25(26)28-14/h2-5,9,17,23,38H,6-8H2,1H3,(H2,26,28)(H,27,33)(H,29,34)(H,36,37)/t17-,23-/m1/s1. The zero-order valence-corrected chi connectivity index (χ0v) is 22.9. The summed E-state index contributed by atoms with van der Waals surface area (Å²) in [6.07, 6.45) is 0.192. The summed E-state index contributed by atoms with van der Waals surface area (Å²) < 4.78 is 5.14. The number of hydrogen-bond donors (Lipinski definition) is 5. The number of β-lactam (4-membered cyclic amide) rings is 1. The molecule has 2 saturated heterocycles. The van der Waals surface area contributed by atoms with Crippen molar-refractivity contribution in [3.63, 3.8) is 0 Å². The third-order valence-corrected chi connectivity index (χ3v) is 8.61. The first-order valence-electron chi connectivity index (χ1n) is 12.0. The van der Waals surface area contributed by atoms with Crippen molar-refractivity contribution >= 4 is 63.4 Å². The van der Waals surface area contributed by atoms with Crippen LogP contribution in [0.2, 0.25) is 0 Å². The van der Waals surface area contributed by atoms with E-state index in [4.69, 9.17) is 10.5 Å². The Kier molecular flexibility index (Phi) is 7.51. The van der Waals surface area contributed by atoms with E-state index in [0.29, 0.717) is 5.75 Å². The smallest absolute Gasteiger partial charge is 0.352 e. The number of hydrogen-bond acceptors (Lipinski definition) is 12. The number of carboxylic acid groups (broad SMARTS) is 1. The fourth-order valence-corrected chi connectivity index (χ4v) is 6.63. The number of anilines is 1. The SMILES string of the molecule is COc1ccc(C(=O)C(=C2CCNC2=O)C2=C(C(=O)O)N3C(=O)[C@@H](NC(=O)C(=NO)c4csc(N)n4)[C@H]3SC2)cc1. The molecule has 16 heteroatoms. The largest absolute Gasteiger partial charge is 0.497 e. The van der Waals surface area contributed by atoms with Crippen LogP contribution in [0.1, 0.15) is 22.5 Å². The number of thioether (sulfide) groups is 1. The van der Waals surface area contributed by atoms with Gasteiger partial charge in [-0.05, 0) is 30.7 Å². The fourth-order valence-electron chi connectivity index (χ4n) is 4.73. The van der Waals surface area contributed by atoms with Gasteiger partial charge in [0.15, 0.2) is 16.6 Å². The molecule has 3 aliphatic rings. The quantitative estimate of drug-likeness (QED) is 0.0698. The van der Waals surface area contributed by atoms with Gasteiger partial charge in [0.2, 0.25) is 5.91 Å². The number of fused-ring (bicyclic) bond motifs is 1. The second kappa shape index (κ2) is 11.1. The molecule has 1 aromatic carbocycles. The first-order valence-corrected chi connectivity index (χ1v) is 13.9. The Hall–Kier alpha value is -4.70. The maximum atomic E-state index is 13.8. The molecule has 2 aromatic rings. The van der Waals surface area contributed by atoms with Crippen molar-refractivity contribution in [2.75, 3.05) is 25.1 Å². The molecule has 0 saturated carbocycles. The number of rotatable bonds is 8. The third-order valence-electron chi connectivity index (χ3n) is 6.65. The number of amides is 3. The molecule has 0 aliphatic carbocycles. The number of allylic oxidation sites excluding steroid dienone is 1. The van der Waals surface area contributed by atoms with Gasteiger partial charge in [0.05, 0.1) is 7.11 Å². The number of nitrogens with one attached hydrogen (secondary N) is 2. The summed E-state index contributed by atoms with van der Waals surface area (Å²) in [7, 11) is 1.47. The predicted molar refractivity (Wildman–Crippen MR) is 147 cm³/mol. The summed E-state index contributed by atoms with van der Waals surface area (Å²) in [6, 6.07) is 4.99. The van der Waals surface area contributed by atoms with E-state index >= 15 is 0 Å². The van der Waals surface area contributed by atoms with Crippen LogP contribution >= 0.6 is 23.1 Å². The molecular formula is C25H22N6O8S2. The summed E-state index contributed by atoms with van der Waals surface area (Å²) in [4.78, 5) is 69.9. The molecule has 0 spiro atoms. The summed E-state index contributed by atoms with van der Waals surface area (Å²) in [5, 5.41) is 28.3. The number of benzene rings is 1. The number of aliphatic carboxylic acids is 1. The molecule has 0 bridgehead atoms. The minimum atomic E-state index is -1.47. The third kappa shape index (κ3) is 4.91. The van der Waals surface area contributed by atoms with Crippen molar-refractivity contribution in [2.45, 2.75) is 17.8 Å². The van der Waals surface area contributed by atoms with E-state index in [1.165, 1.54) is 24.6 Å². The molecule has 2 atom stereocenters. The lowest BCUT2D eigenvalue weighted by molar-refractivity contribution is -0.150. The van der Waals surface area contributed by atoms with Crippen molar-refractivity contribution in [1.82, 2.24) is 20.5 Å². The van der Waals surface area contributed by atoms with Crippen molar-refractivity contribution in [1.29, 1.82) is 0 Å². The Morgan fingerprint density at radius 2 is 1.98 bits per heavy atom. The number of methoxy groups -OCH3 is 1. The van der Waals surface area contributed by atoms with Crippen LogP contribution in [0.4, 0.5) is 5.13 Å². The fraction of sp³-hybridized carbons (Fsp3) is 0.240. The highest BCUT2D eigenvalue weighted by atomic mass is 32.2. The lowest BCUT2D eigenvalue weighted by Gasteiger charge is -2.49. The van der Waals surface area contributed by atoms with E-state index in [9.17, 15) is 34.3 Å². The van der Waals surface area contributed by atoms with Crippen LogP contribution in [-0.4, -0.2) is 86.2 Å². The van der Waals surface area contributed by atoms with Gasteiger partial charge in [-0.15, -0.1) is 23.1 Å². The summed E-state index contributed by atoms with van der Waals surface area (Å²) in [5.74, 6) is -3.75. The van der Waals surface area contributed by atoms with Gasteiger partial charge in [-0.2, -0.15) is 0 Å². The number of thiazole rings is 1. The highest BCUT2D eigenvalue weighted by molar-refractivity contribution is 8.00. The lowest BCUT2D eigenvalue weighted by Crippen LogP contribution is -2.71. The van der Waals surface area contributed by atoms with Gasteiger partial charge in [-0.1, -0.05) is 5.16 Å². The maximum absolute atomic E-state index is 13.8. The van der Waals surface area contributed by atoms with E-state index in [1.807, 2.05) is 0 Å². The number of carboxylic acids is 1. The van der Waals surface area contributed by atoms with Gasteiger partial charge in [-0.25, -0.2) is 9.78 Å². The van der Waals surface area contributed by atoms with Crippen molar-refractivity contribution < 1.29 is 39.0 Å². The second-order valence-corrected chi connectivity index (χ2v) is 10.9. The minimum Gasteiger partial charge on any atom is -0.497 e. The van der Waals surface area contributed by atoms with Crippen molar-refractivity contribution in [3.05, 3.63) is 63.3 Å². The topological polar surface area (TPSA) is 214 Å². The van der Waals surface area contributed by atoms with E-state index in [0.717, 1.165) is 28.0 Å². The Morgan fingerprint density at radius 1 is 1.24 bits per heavy atom. The zero-order chi connectivity index (χ0) is 29.4. The first kappa shape index (κ1) is 27.9. The first-order chi connectivity index (χ1) is 19.7. The molecule has 5 rings (SSSR count). The Balaban J connectivity index is 1.49. The second-order valence-electron chi connectivity index (χ2n) is 8.93. The lowest BCUT2D eigenvalue weighted by atomic mass is 9.89. The maximum Gasteiger partial charge on any atom is 0.352 e. The van der Waals surface area contributed by atoms with Gasteiger partial charge in [0, 0.05) is 40.0 Å². The highest BCUT2D eigenvalue weighted by Crippen LogP contribution is 2.43. The molecule has 1 aromatic heterocycles. The summed E-state index contributed by atoms with van der Waals surface area (Å²) >= 11 is 2.14. The minimum absolute atomic E-state index is 0.00369. The molecular weight excluding hydrogens is 576 g/mol. The highest BCUT2D eigenvalue weighted by Gasteiger charge is 2.55. The van der Waals surface area contributed by atoms with Crippen molar-refractivity contribution in [3.8, 4) is 5.75 Å². The average molecular weight is 599 g/mol. The summed E-state index contributed by atoms with van der Waals surface area (Å²) in [6.45, 7) is 0.273. The van der Waals surface area contributed by atoms with Crippen LogP contribution in [0.5, 0.6) is 5.75 Å². The molecule has 212 valence electrons. The van der Waals surface area contributed by atoms with Crippen LogP contribution in [0, 0.1) is 0 Å². The van der Waals surface area contributed by atoms with Gasteiger partial charge in [-0.3, -0.25) is 24.1 Å². The van der Waals surface area contributed by atoms with E-state index in [1.54, 1.807) is 12.1 Å². The Labute approximate surface area is 239 Å². The summed E-state index contributed by atoms with van der Waals surface area (Å²) in [5.41, 5.74) is 4.95. The van der Waals surface area contributed by atoms with Gasteiger partial charge in [0.25, 0.3) is 11.8 Å². The molecule has 3 aliphatic heterocycles. The molecule has 3 amide bonds. The molecule has 4 heterocycles. The van der Waals surface area contributed by atoms with E-state index < -0.39 is 52.3 Å². The van der Waals surface area contributed by atoms with E-state index in [2.05, 4.69) is 20.8 Å². The van der Waals surface area contributed by atoms with Crippen LogP contribution in [-0.2, 0) is 19.2 Å². The number of carbonyl (C=O) groups is 5. The number of Topliss-reactive ketones (excluding diaryl/α,β-unsaturated/α-hetero) is 1. The molecule has 0 unspecified atom stereocenters. The number of nitrogens with two attached hydrogens (primary N) is 1. The van der Waals surface area contributed by atoms with Gasteiger partial charge in [0.1, 0.15) is 28.6 Å². The van der Waals surface area contributed by atoms with Gasteiger partial charge >= 0.3 is 5.97 Å². The average Bonchev–Trinajstić information content (AvgIpc) is 3.59. The number of ether oxygens (including phenoxy) is 1. The molecule has 14 nitrogen and oxygen atoms in total. The van der Waals surface area contributed by atoms with Crippen LogP contribution in [0.3, 0.4) is 0 Å². The number of carbonyl (C=O) groups excluding carboxylic acids is 4. The molecule has 41 heavy (non-hydrogen) atoms. The Morgan fingerprint density at radius 3 is 2.54 bits per heavy atom. The zero-order valence-electron chi connectivity index (χ0n) is 21.2. The van der Waals surface area contributed by atoms with Crippen molar-refractivity contribution in [2.24, 2.45) is 5.16 Å². The van der Waals surface area contributed by atoms with Crippen LogP contribution < -0.4 is 21.1 Å². The number of nitrogens with zero attached hydrogens (tertiary/aromatic N) is 3. The van der Waals surface area contributed by atoms with Crippen LogP contribution in [0.25, 0.3) is 0 Å². The number of aromatic nitrogens is 1.